The molecule has 0 fully saturated rings. The maximum Gasteiger partial charge on any atom is 0.294 e. The Bertz CT molecular complexity index is 460. The van der Waals surface area contributed by atoms with E-state index in [2.05, 4.69) is 0 Å². The highest BCUT2D eigenvalue weighted by Gasteiger charge is 2.26. The normalized spacial score (nSPS) is 11.7. The van der Waals surface area contributed by atoms with Crippen molar-refractivity contribution in [2.24, 2.45) is 5.41 Å². The molecule has 0 saturated heterocycles. The van der Waals surface area contributed by atoms with E-state index in [1.165, 1.54) is 12.1 Å². The van der Waals surface area contributed by atoms with Crippen LogP contribution in [0.25, 0.3) is 0 Å². The van der Waals surface area contributed by atoms with Crippen LogP contribution in [0.4, 0.5) is 0 Å². The molecule has 1 aromatic carbocycles. The highest BCUT2D eigenvalue weighted by Crippen LogP contribution is 2.12. The maximum absolute atomic E-state index is 10.5. The summed E-state index contributed by atoms with van der Waals surface area (Å²) in [4.78, 5) is -0.0666. The summed E-state index contributed by atoms with van der Waals surface area (Å²) < 4.78 is 29.6. The maximum atomic E-state index is 10.5. The smallest absolute Gasteiger partial charge is 0.294 e. The lowest BCUT2D eigenvalue weighted by Gasteiger charge is -2.23. The van der Waals surface area contributed by atoms with Crippen molar-refractivity contribution in [3.8, 4) is 0 Å². The minimum atomic E-state index is -4.02. The topological polar surface area (TPSA) is 135 Å². The largest absolute Gasteiger partial charge is 0.396 e. The second-order valence-electron chi connectivity index (χ2n) is 4.42. The quantitative estimate of drug-likeness (QED) is 0.449. The van der Waals surface area contributed by atoms with E-state index in [0.717, 1.165) is 5.56 Å². The first-order valence-electron chi connectivity index (χ1n) is 5.72. The van der Waals surface area contributed by atoms with E-state index in [0.29, 0.717) is 0 Å². The molecule has 116 valence electrons. The van der Waals surface area contributed by atoms with Gasteiger partial charge in [0.05, 0.1) is 36.7 Å². The third-order valence-electron chi connectivity index (χ3n) is 2.66. The first-order chi connectivity index (χ1) is 9.24. The Kier molecular flexibility index (Phi) is 7.87. The van der Waals surface area contributed by atoms with E-state index in [1.54, 1.807) is 12.1 Å². The van der Waals surface area contributed by atoms with Crippen LogP contribution in [0.5, 0.6) is 0 Å². The number of aryl methyl sites for hydroxylation is 1. The van der Waals surface area contributed by atoms with Crippen LogP contribution in [0.1, 0.15) is 5.56 Å². The van der Waals surface area contributed by atoms with Gasteiger partial charge in [-0.1, -0.05) is 17.7 Å². The molecule has 0 aliphatic carbocycles. The predicted molar refractivity (Wildman–Crippen MR) is 71.8 cm³/mol. The van der Waals surface area contributed by atoms with Crippen molar-refractivity contribution < 1.29 is 33.4 Å². The highest BCUT2D eigenvalue weighted by atomic mass is 32.2. The van der Waals surface area contributed by atoms with E-state index in [9.17, 15) is 8.42 Å². The van der Waals surface area contributed by atoms with Crippen LogP contribution in [0.2, 0.25) is 0 Å². The van der Waals surface area contributed by atoms with E-state index >= 15 is 0 Å². The molecular weight excluding hydrogens is 288 g/mol. The molecule has 0 spiro atoms. The Labute approximate surface area is 117 Å². The molecule has 0 aliphatic heterocycles. The fourth-order valence-electron chi connectivity index (χ4n) is 1.01. The average Bonchev–Trinajstić information content (AvgIpc) is 2.42. The summed E-state index contributed by atoms with van der Waals surface area (Å²) in [7, 11) is -4.02. The molecule has 20 heavy (non-hydrogen) atoms. The molecule has 0 radical (unpaired) electrons. The number of rotatable bonds is 5. The van der Waals surface area contributed by atoms with E-state index in [1.807, 2.05) is 6.92 Å². The lowest BCUT2D eigenvalue weighted by Crippen LogP contribution is -2.37. The third kappa shape index (κ3) is 5.95. The molecule has 0 bridgehead atoms. The Morgan fingerprint density at radius 1 is 0.900 bits per heavy atom. The number of hydrogen-bond donors (Lipinski definition) is 5. The van der Waals surface area contributed by atoms with Gasteiger partial charge in [-0.25, -0.2) is 0 Å². The van der Waals surface area contributed by atoms with Gasteiger partial charge in [0, 0.05) is 0 Å². The van der Waals surface area contributed by atoms with Crippen LogP contribution in [0.15, 0.2) is 29.2 Å². The zero-order chi connectivity index (χ0) is 15.8. The average molecular weight is 308 g/mol. The van der Waals surface area contributed by atoms with Crippen molar-refractivity contribution >= 4 is 10.1 Å². The summed E-state index contributed by atoms with van der Waals surface area (Å²) in [6, 6.07) is 5.99. The van der Waals surface area contributed by atoms with Gasteiger partial charge >= 0.3 is 0 Å². The van der Waals surface area contributed by atoms with E-state index < -0.39 is 42.0 Å². The zero-order valence-electron chi connectivity index (χ0n) is 11.1. The number of hydrogen-bond acceptors (Lipinski definition) is 6. The monoisotopic (exact) mass is 308 g/mol. The lowest BCUT2D eigenvalue weighted by molar-refractivity contribution is -0.0328. The highest BCUT2D eigenvalue weighted by molar-refractivity contribution is 7.85. The fraction of sp³-hybridized carbons (Fsp3) is 0.500. The Hall–Kier alpha value is -1.03. The SMILES string of the molecule is Cc1ccc(S(=O)(=O)O)cc1.OCC(CO)(CO)CO. The number of aliphatic hydroxyl groups excluding tert-OH is 4. The van der Waals surface area contributed by atoms with Crippen LogP contribution in [-0.4, -0.2) is 59.8 Å². The van der Waals surface area contributed by atoms with Crippen LogP contribution in [0, 0.1) is 12.3 Å². The van der Waals surface area contributed by atoms with Crippen molar-refractivity contribution in [2.45, 2.75) is 11.8 Å². The molecule has 0 amide bonds. The summed E-state index contributed by atoms with van der Waals surface area (Å²) in [6.07, 6.45) is 0. The van der Waals surface area contributed by atoms with Crippen molar-refractivity contribution in [1.82, 2.24) is 0 Å². The summed E-state index contributed by atoms with van der Waals surface area (Å²) in [5.74, 6) is 0. The van der Waals surface area contributed by atoms with Crippen molar-refractivity contribution in [3.05, 3.63) is 29.8 Å². The fourth-order valence-corrected chi connectivity index (χ4v) is 1.49. The van der Waals surface area contributed by atoms with Crippen molar-refractivity contribution in [3.63, 3.8) is 0 Å². The van der Waals surface area contributed by atoms with Crippen molar-refractivity contribution in [1.29, 1.82) is 0 Å². The van der Waals surface area contributed by atoms with Crippen LogP contribution >= 0.6 is 0 Å². The third-order valence-corrected chi connectivity index (χ3v) is 3.53. The van der Waals surface area contributed by atoms with Crippen LogP contribution < -0.4 is 0 Å². The predicted octanol–water partition coefficient (Wildman–Crippen LogP) is -0.816. The van der Waals surface area contributed by atoms with Crippen molar-refractivity contribution in [2.75, 3.05) is 26.4 Å². The molecule has 0 unspecified atom stereocenters. The molecular formula is C12H20O7S. The summed E-state index contributed by atoms with van der Waals surface area (Å²) >= 11 is 0. The summed E-state index contributed by atoms with van der Waals surface area (Å²) in [6.45, 7) is 0.216. The van der Waals surface area contributed by atoms with Gasteiger partial charge in [0.1, 0.15) is 0 Å². The number of aliphatic hydroxyl groups is 4. The first-order valence-corrected chi connectivity index (χ1v) is 7.16. The van der Waals surface area contributed by atoms with Gasteiger partial charge < -0.3 is 20.4 Å². The summed E-state index contributed by atoms with van der Waals surface area (Å²) in [5, 5.41) is 34.0. The Morgan fingerprint density at radius 3 is 1.45 bits per heavy atom. The van der Waals surface area contributed by atoms with Gasteiger partial charge in [0.25, 0.3) is 10.1 Å². The standard InChI is InChI=1S/C7H8O3S.C5H12O4/c1-6-2-4-7(5-3-6)11(8,9)10;6-1-5(2-7,3-8)4-9/h2-5H,1H3,(H,8,9,10);6-9H,1-4H2. The van der Waals surface area contributed by atoms with E-state index in [-0.39, 0.29) is 4.90 Å². The second-order valence-corrected chi connectivity index (χ2v) is 5.84. The van der Waals surface area contributed by atoms with E-state index in [4.69, 9.17) is 25.0 Å². The zero-order valence-corrected chi connectivity index (χ0v) is 11.9. The van der Waals surface area contributed by atoms with Gasteiger partial charge in [-0.05, 0) is 19.1 Å². The minimum Gasteiger partial charge on any atom is -0.396 e. The number of benzene rings is 1. The molecule has 5 N–H and O–H groups in total. The van der Waals surface area contributed by atoms with Crippen LogP contribution in [0.3, 0.4) is 0 Å². The second kappa shape index (κ2) is 8.30. The minimum absolute atomic E-state index is 0.0666. The van der Waals surface area contributed by atoms with Gasteiger partial charge in [0.2, 0.25) is 0 Å². The Balaban J connectivity index is 0.000000370. The molecule has 0 saturated carbocycles. The first kappa shape index (κ1) is 19.0. The molecule has 0 atom stereocenters. The molecule has 1 aromatic rings. The molecule has 1 rings (SSSR count). The van der Waals surface area contributed by atoms with Crippen LogP contribution in [-0.2, 0) is 10.1 Å². The van der Waals surface area contributed by atoms with Gasteiger partial charge in [-0.3, -0.25) is 4.55 Å². The summed E-state index contributed by atoms with van der Waals surface area (Å²) in [5.41, 5.74) is -0.155. The molecule has 0 heterocycles. The van der Waals surface area contributed by atoms with Gasteiger partial charge in [-0.2, -0.15) is 8.42 Å². The molecule has 7 nitrogen and oxygen atoms in total. The lowest BCUT2D eigenvalue weighted by atomic mass is 9.93. The Morgan fingerprint density at radius 2 is 1.25 bits per heavy atom. The van der Waals surface area contributed by atoms with Gasteiger partial charge in [0.15, 0.2) is 0 Å². The molecule has 0 aliphatic rings. The molecule has 0 aromatic heterocycles. The molecule has 8 heteroatoms. The van der Waals surface area contributed by atoms with Gasteiger partial charge in [-0.15, -0.1) is 0 Å².